The van der Waals surface area contributed by atoms with E-state index in [4.69, 9.17) is 21.1 Å². The maximum absolute atomic E-state index is 13.2. The molecule has 0 unspecified atom stereocenters. The number of halogens is 1. The lowest BCUT2D eigenvalue weighted by Crippen LogP contribution is -2.16. The second kappa shape index (κ2) is 9.54. The summed E-state index contributed by atoms with van der Waals surface area (Å²) in [5.41, 5.74) is 4.05. The van der Waals surface area contributed by atoms with Crippen molar-refractivity contribution in [2.75, 3.05) is 25.0 Å². The van der Waals surface area contributed by atoms with Gasteiger partial charge in [0, 0.05) is 33.8 Å². The van der Waals surface area contributed by atoms with Gasteiger partial charge in [0.1, 0.15) is 5.56 Å². The Morgan fingerprint density at radius 1 is 1.24 bits per heavy atom. The predicted octanol–water partition coefficient (Wildman–Crippen LogP) is 4.78. The lowest BCUT2D eigenvalue weighted by Gasteiger charge is -2.18. The summed E-state index contributed by atoms with van der Waals surface area (Å²) in [6, 6.07) is 12.7. The van der Waals surface area contributed by atoms with Gasteiger partial charge in [-0.2, -0.15) is 0 Å². The highest BCUT2D eigenvalue weighted by Crippen LogP contribution is 2.36. The number of carbonyl (C=O) groups is 1. The Morgan fingerprint density at radius 3 is 2.82 bits per heavy atom. The number of hydrogen-bond donors (Lipinski definition) is 1. The number of benzene rings is 2. The number of sulfonamides is 1. The van der Waals surface area contributed by atoms with E-state index in [0.29, 0.717) is 17.3 Å². The van der Waals surface area contributed by atoms with Gasteiger partial charge in [0.05, 0.1) is 19.4 Å². The first kappa shape index (κ1) is 23.3. The molecule has 172 valence electrons. The van der Waals surface area contributed by atoms with Gasteiger partial charge < -0.3 is 9.47 Å². The van der Waals surface area contributed by atoms with Gasteiger partial charge >= 0.3 is 5.97 Å². The fourth-order valence-electron chi connectivity index (χ4n) is 3.59. The normalized spacial score (nSPS) is 13.1. The van der Waals surface area contributed by atoms with E-state index in [9.17, 15) is 13.2 Å². The lowest BCUT2D eigenvalue weighted by atomic mass is 9.93. The second-order valence-electron chi connectivity index (χ2n) is 7.16. The first-order valence-corrected chi connectivity index (χ1v) is 12.9. The molecule has 10 heteroatoms. The van der Waals surface area contributed by atoms with E-state index in [2.05, 4.69) is 9.71 Å². The van der Waals surface area contributed by atoms with Gasteiger partial charge in [-0.1, -0.05) is 29.8 Å². The Kier molecular flexibility index (Phi) is 6.73. The maximum Gasteiger partial charge on any atom is 0.342 e. The Labute approximate surface area is 201 Å². The molecule has 1 aliphatic heterocycles. The van der Waals surface area contributed by atoms with Crippen molar-refractivity contribution < 1.29 is 22.7 Å². The Morgan fingerprint density at radius 2 is 2.06 bits per heavy atom. The quantitative estimate of drug-likeness (QED) is 0.467. The standard InChI is InChI=1S/C23H21ClN2O5S2/c1-3-31-21-19(22(27)30-2)13-32-23(21)33(28,29)26-17-6-4-5-15(11-17)20-18-12-16(24)8-7-14(18)9-10-25-20/h4-8,11-13,26H,3,9-10H2,1-2H3. The van der Waals surface area contributed by atoms with Crippen molar-refractivity contribution in [2.45, 2.75) is 17.6 Å². The first-order chi connectivity index (χ1) is 15.8. The van der Waals surface area contributed by atoms with Crippen LogP contribution in [-0.4, -0.2) is 40.4 Å². The topological polar surface area (TPSA) is 94.1 Å². The van der Waals surface area contributed by atoms with Gasteiger partial charge in [-0.15, -0.1) is 11.3 Å². The third kappa shape index (κ3) is 4.75. The van der Waals surface area contributed by atoms with Crippen molar-refractivity contribution >= 4 is 50.3 Å². The van der Waals surface area contributed by atoms with E-state index in [1.165, 1.54) is 12.5 Å². The van der Waals surface area contributed by atoms with Crippen LogP contribution in [0.3, 0.4) is 0 Å². The zero-order valence-corrected chi connectivity index (χ0v) is 20.3. The summed E-state index contributed by atoms with van der Waals surface area (Å²) < 4.78 is 39.1. The highest BCUT2D eigenvalue weighted by Gasteiger charge is 2.29. The molecule has 33 heavy (non-hydrogen) atoms. The van der Waals surface area contributed by atoms with Gasteiger partial charge in [0.15, 0.2) is 9.96 Å². The van der Waals surface area contributed by atoms with Crippen LogP contribution in [0.25, 0.3) is 0 Å². The molecule has 3 aromatic rings. The highest BCUT2D eigenvalue weighted by molar-refractivity contribution is 7.94. The third-order valence-corrected chi connectivity index (χ3v) is 8.13. The third-order valence-electron chi connectivity index (χ3n) is 5.02. The lowest BCUT2D eigenvalue weighted by molar-refractivity contribution is 0.0596. The number of anilines is 1. The molecule has 0 radical (unpaired) electrons. The van der Waals surface area contributed by atoms with Crippen molar-refractivity contribution in [1.29, 1.82) is 0 Å². The number of hydrogen-bond acceptors (Lipinski definition) is 7. The molecule has 0 bridgehead atoms. The minimum absolute atomic E-state index is 0.0155. The number of esters is 1. The van der Waals surface area contributed by atoms with Crippen LogP contribution in [-0.2, 0) is 21.2 Å². The molecule has 0 amide bonds. The fourth-order valence-corrected chi connectivity index (χ4v) is 6.18. The van der Waals surface area contributed by atoms with Gasteiger partial charge in [-0.25, -0.2) is 13.2 Å². The number of rotatable bonds is 7. The molecule has 1 aromatic heterocycles. The van der Waals surface area contributed by atoms with Crippen LogP contribution in [0.5, 0.6) is 5.75 Å². The number of thiophene rings is 1. The zero-order chi connectivity index (χ0) is 23.6. The van der Waals surface area contributed by atoms with Gasteiger partial charge in [0.25, 0.3) is 10.0 Å². The molecule has 4 rings (SSSR count). The van der Waals surface area contributed by atoms with E-state index in [1.807, 2.05) is 24.3 Å². The summed E-state index contributed by atoms with van der Waals surface area (Å²) in [6.07, 6.45) is 0.823. The minimum Gasteiger partial charge on any atom is -0.491 e. The number of methoxy groups -OCH3 is 1. The van der Waals surface area contributed by atoms with E-state index in [0.717, 1.165) is 40.2 Å². The molecular weight excluding hydrogens is 484 g/mol. The van der Waals surface area contributed by atoms with Crippen LogP contribution in [0.1, 0.15) is 34.0 Å². The molecule has 0 saturated carbocycles. The average molecular weight is 505 g/mol. The molecule has 1 aliphatic rings. The van der Waals surface area contributed by atoms with Gasteiger partial charge in [0.2, 0.25) is 0 Å². The van der Waals surface area contributed by atoms with Crippen LogP contribution in [0, 0.1) is 0 Å². The number of fused-ring (bicyclic) bond motifs is 1. The highest BCUT2D eigenvalue weighted by atomic mass is 35.5. The van der Waals surface area contributed by atoms with Crippen molar-refractivity contribution in [3.05, 3.63) is 75.1 Å². The Bertz CT molecular complexity index is 1350. The smallest absolute Gasteiger partial charge is 0.342 e. The van der Waals surface area contributed by atoms with Crippen LogP contribution < -0.4 is 9.46 Å². The predicted molar refractivity (Wildman–Crippen MR) is 130 cm³/mol. The van der Waals surface area contributed by atoms with Crippen LogP contribution in [0.4, 0.5) is 5.69 Å². The Hall–Kier alpha value is -2.88. The van der Waals surface area contributed by atoms with E-state index < -0.39 is 16.0 Å². The fraction of sp³-hybridized carbons (Fsp3) is 0.217. The molecule has 2 heterocycles. The summed E-state index contributed by atoms with van der Waals surface area (Å²) in [5.74, 6) is -0.677. The molecule has 1 N–H and O–H groups in total. The monoisotopic (exact) mass is 504 g/mol. The first-order valence-electron chi connectivity index (χ1n) is 10.1. The number of ether oxygens (including phenoxy) is 2. The molecule has 0 spiro atoms. The molecule has 0 atom stereocenters. The molecule has 0 fully saturated rings. The van der Waals surface area contributed by atoms with Crippen LogP contribution in [0.15, 0.2) is 57.0 Å². The summed E-state index contributed by atoms with van der Waals surface area (Å²) in [4.78, 5) is 16.7. The van der Waals surface area contributed by atoms with E-state index in [-0.39, 0.29) is 22.1 Å². The molecule has 7 nitrogen and oxygen atoms in total. The Balaban J connectivity index is 1.68. The van der Waals surface area contributed by atoms with Crippen LogP contribution >= 0.6 is 22.9 Å². The number of nitrogens with one attached hydrogen (secondary N) is 1. The zero-order valence-electron chi connectivity index (χ0n) is 17.9. The number of carbonyl (C=O) groups excluding carboxylic acids is 1. The number of nitrogens with zero attached hydrogens (tertiary/aromatic N) is 1. The summed E-state index contributed by atoms with van der Waals surface area (Å²) in [6.45, 7) is 2.55. The minimum atomic E-state index is -4.03. The van der Waals surface area contributed by atoms with Crippen molar-refractivity contribution in [3.63, 3.8) is 0 Å². The molecule has 0 saturated heterocycles. The molecular formula is C23H21ClN2O5S2. The van der Waals surface area contributed by atoms with Crippen LogP contribution in [0.2, 0.25) is 5.02 Å². The van der Waals surface area contributed by atoms with E-state index in [1.54, 1.807) is 25.1 Å². The van der Waals surface area contributed by atoms with Gasteiger partial charge in [-0.3, -0.25) is 9.71 Å². The largest absolute Gasteiger partial charge is 0.491 e. The summed E-state index contributed by atoms with van der Waals surface area (Å²) in [7, 11) is -2.80. The molecule has 0 aliphatic carbocycles. The number of aliphatic imine (C=N–C) groups is 1. The van der Waals surface area contributed by atoms with Crippen molar-refractivity contribution in [2.24, 2.45) is 4.99 Å². The SMILES string of the molecule is CCOc1c(C(=O)OC)csc1S(=O)(=O)Nc1cccc(C2=NCCc3ccc(Cl)cc32)c1. The average Bonchev–Trinajstić information content (AvgIpc) is 3.23. The maximum atomic E-state index is 13.2. The van der Waals surface area contributed by atoms with Gasteiger partial charge in [-0.05, 0) is 43.2 Å². The summed E-state index contributed by atoms with van der Waals surface area (Å²) >= 11 is 7.10. The summed E-state index contributed by atoms with van der Waals surface area (Å²) in [5, 5.41) is 2.03. The van der Waals surface area contributed by atoms with Crippen molar-refractivity contribution in [3.8, 4) is 5.75 Å². The molecule has 2 aromatic carbocycles. The van der Waals surface area contributed by atoms with E-state index >= 15 is 0 Å². The van der Waals surface area contributed by atoms with Crippen molar-refractivity contribution in [1.82, 2.24) is 0 Å². The second-order valence-corrected chi connectivity index (χ2v) is 10.4.